The van der Waals surface area contributed by atoms with Gasteiger partial charge in [-0.3, -0.25) is 4.57 Å². The van der Waals surface area contributed by atoms with Crippen molar-refractivity contribution in [1.29, 1.82) is 0 Å². The van der Waals surface area contributed by atoms with Crippen molar-refractivity contribution < 1.29 is 4.42 Å². The van der Waals surface area contributed by atoms with Crippen LogP contribution in [-0.4, -0.2) is 14.5 Å². The summed E-state index contributed by atoms with van der Waals surface area (Å²) >= 11 is 0. The molecular weight excluding hydrogens is 635 g/mol. The Kier molecular flexibility index (Phi) is 5.69. The van der Waals surface area contributed by atoms with E-state index in [-0.39, 0.29) is 5.41 Å². The molecule has 0 saturated heterocycles. The zero-order valence-electron chi connectivity index (χ0n) is 28.6. The van der Waals surface area contributed by atoms with Gasteiger partial charge in [0, 0.05) is 27.1 Å². The number of hydrogen-bond donors (Lipinski definition) is 0. The molecule has 2 aliphatic rings. The van der Waals surface area contributed by atoms with Crippen molar-refractivity contribution in [3.8, 4) is 28.3 Å². The van der Waals surface area contributed by atoms with Crippen molar-refractivity contribution in [3.63, 3.8) is 0 Å². The first-order chi connectivity index (χ1) is 25.8. The summed E-state index contributed by atoms with van der Waals surface area (Å²) < 4.78 is 9.00. The van der Waals surface area contributed by atoms with Crippen LogP contribution < -0.4 is 0 Å². The molecule has 246 valence electrons. The van der Waals surface area contributed by atoms with Gasteiger partial charge in [0.2, 0.25) is 5.95 Å². The maximum Gasteiger partial charge on any atom is 0.236 e. The van der Waals surface area contributed by atoms with E-state index in [0.717, 1.165) is 46.1 Å². The number of para-hydroxylation sites is 1. The van der Waals surface area contributed by atoms with E-state index < -0.39 is 0 Å². The van der Waals surface area contributed by atoms with E-state index in [1.165, 1.54) is 79.4 Å². The smallest absolute Gasteiger partial charge is 0.236 e. The van der Waals surface area contributed by atoms with Crippen LogP contribution in [0.15, 0.2) is 144 Å². The second-order valence-electron chi connectivity index (χ2n) is 14.7. The van der Waals surface area contributed by atoms with Crippen molar-refractivity contribution >= 4 is 65.4 Å². The number of nitrogens with zero attached hydrogens (tertiary/aromatic N) is 3. The van der Waals surface area contributed by atoms with Crippen molar-refractivity contribution in [2.24, 2.45) is 0 Å². The standard InChI is InChI=1S/C48H33N3O/c1-3-16-30(17-4-1)43-46-44(35-22-10-12-24-38(35)52-46)50-47(49-43)51-37-26-25-29-15-5-6-18-31(29)40(37)41-33-20-8-7-19-32(33)39-34-21-9-11-23-36(34)48(42(39)45(41)51)27-13-2-14-28-48/h1,3-12,15-26H,2,13-14,27-28H2. The third-order valence-electron chi connectivity index (χ3n) is 12.2. The molecule has 0 bridgehead atoms. The molecule has 10 aromatic rings. The van der Waals surface area contributed by atoms with Crippen LogP contribution >= 0.6 is 0 Å². The summed E-state index contributed by atoms with van der Waals surface area (Å²) in [5, 5.41) is 8.64. The molecule has 4 heteroatoms. The van der Waals surface area contributed by atoms with Crippen LogP contribution in [0.25, 0.3) is 93.8 Å². The van der Waals surface area contributed by atoms with E-state index in [1.807, 2.05) is 12.1 Å². The van der Waals surface area contributed by atoms with E-state index in [9.17, 15) is 0 Å². The first-order valence-electron chi connectivity index (χ1n) is 18.6. The fourth-order valence-corrected chi connectivity index (χ4v) is 10.1. The van der Waals surface area contributed by atoms with E-state index in [1.54, 1.807) is 0 Å². The lowest BCUT2D eigenvalue weighted by Crippen LogP contribution is -2.28. The zero-order valence-corrected chi connectivity index (χ0v) is 28.6. The monoisotopic (exact) mass is 667 g/mol. The van der Waals surface area contributed by atoms with Gasteiger partial charge in [-0.25, -0.2) is 9.97 Å². The minimum Gasteiger partial charge on any atom is -0.452 e. The summed E-state index contributed by atoms with van der Waals surface area (Å²) in [6, 6.07) is 50.4. The van der Waals surface area contributed by atoms with Crippen LogP contribution in [0.4, 0.5) is 0 Å². The van der Waals surface area contributed by atoms with Crippen molar-refractivity contribution in [3.05, 3.63) is 151 Å². The lowest BCUT2D eigenvalue weighted by atomic mass is 9.67. The third kappa shape index (κ3) is 3.61. The number of hydrogen-bond acceptors (Lipinski definition) is 3. The third-order valence-corrected chi connectivity index (χ3v) is 12.2. The quantitative estimate of drug-likeness (QED) is 0.184. The van der Waals surface area contributed by atoms with E-state index in [4.69, 9.17) is 14.4 Å². The predicted molar refractivity (Wildman–Crippen MR) is 213 cm³/mol. The molecule has 1 fully saturated rings. The molecule has 0 aliphatic heterocycles. The first-order valence-corrected chi connectivity index (χ1v) is 18.6. The number of rotatable bonds is 2. The second-order valence-corrected chi connectivity index (χ2v) is 14.7. The van der Waals surface area contributed by atoms with Gasteiger partial charge in [0.1, 0.15) is 16.8 Å². The average molecular weight is 668 g/mol. The summed E-state index contributed by atoms with van der Waals surface area (Å²) in [7, 11) is 0. The molecule has 12 rings (SSSR count). The summed E-state index contributed by atoms with van der Waals surface area (Å²) in [5.74, 6) is 0.674. The largest absolute Gasteiger partial charge is 0.452 e. The number of aromatic nitrogens is 3. The molecule has 0 unspecified atom stereocenters. The van der Waals surface area contributed by atoms with Crippen LogP contribution in [0.3, 0.4) is 0 Å². The Morgan fingerprint density at radius 2 is 1.29 bits per heavy atom. The predicted octanol–water partition coefficient (Wildman–Crippen LogP) is 12.7. The number of furan rings is 1. The lowest BCUT2D eigenvalue weighted by molar-refractivity contribution is 0.354. The van der Waals surface area contributed by atoms with Gasteiger partial charge in [-0.2, -0.15) is 0 Å². The molecular formula is C48H33N3O. The highest BCUT2D eigenvalue weighted by atomic mass is 16.3. The molecule has 0 N–H and O–H groups in total. The van der Waals surface area contributed by atoms with Gasteiger partial charge < -0.3 is 4.42 Å². The molecule has 7 aromatic carbocycles. The minimum absolute atomic E-state index is 0.0942. The molecule has 1 spiro atoms. The fraction of sp³-hybridized carbons (Fsp3) is 0.125. The van der Waals surface area contributed by atoms with Crippen LogP contribution in [0.1, 0.15) is 43.2 Å². The summed E-state index contributed by atoms with van der Waals surface area (Å²) in [5.41, 5.74) is 12.1. The van der Waals surface area contributed by atoms with Gasteiger partial charge in [0.05, 0.1) is 11.0 Å². The maximum absolute atomic E-state index is 6.57. The average Bonchev–Trinajstić information content (AvgIpc) is 3.85. The van der Waals surface area contributed by atoms with Crippen LogP contribution in [0.2, 0.25) is 0 Å². The van der Waals surface area contributed by atoms with Crippen LogP contribution in [0, 0.1) is 0 Å². The Bertz CT molecular complexity index is 3110. The maximum atomic E-state index is 6.57. The van der Waals surface area contributed by atoms with E-state index in [0.29, 0.717) is 11.5 Å². The number of benzene rings is 7. The van der Waals surface area contributed by atoms with Gasteiger partial charge in [-0.05, 0) is 74.8 Å². The Labute approximate surface area is 300 Å². The zero-order chi connectivity index (χ0) is 34.0. The molecule has 0 atom stereocenters. The Morgan fingerprint density at radius 1 is 0.577 bits per heavy atom. The normalized spacial score (nSPS) is 15.1. The molecule has 3 aromatic heterocycles. The Balaban J connectivity index is 1.35. The summed E-state index contributed by atoms with van der Waals surface area (Å²) in [4.78, 5) is 11.1. The van der Waals surface area contributed by atoms with Crippen LogP contribution in [0.5, 0.6) is 0 Å². The highest BCUT2D eigenvalue weighted by Gasteiger charge is 2.47. The molecule has 1 saturated carbocycles. The van der Waals surface area contributed by atoms with Gasteiger partial charge >= 0.3 is 0 Å². The number of fused-ring (bicyclic) bond motifs is 17. The van der Waals surface area contributed by atoms with Crippen LogP contribution in [-0.2, 0) is 5.41 Å². The Hall–Kier alpha value is -6.26. The summed E-state index contributed by atoms with van der Waals surface area (Å²) in [6.07, 6.45) is 5.97. The molecule has 52 heavy (non-hydrogen) atoms. The second kappa shape index (κ2) is 10.4. The molecule has 0 radical (unpaired) electrons. The molecule has 2 aliphatic carbocycles. The molecule has 3 heterocycles. The molecule has 0 amide bonds. The Morgan fingerprint density at radius 3 is 2.15 bits per heavy atom. The van der Waals surface area contributed by atoms with Gasteiger partial charge in [0.15, 0.2) is 5.58 Å². The van der Waals surface area contributed by atoms with Gasteiger partial charge in [0.25, 0.3) is 0 Å². The first kappa shape index (κ1) is 28.4. The highest BCUT2D eigenvalue weighted by Crippen LogP contribution is 2.61. The molecule has 4 nitrogen and oxygen atoms in total. The minimum atomic E-state index is -0.0942. The SMILES string of the molecule is c1ccc(-c2nc(-n3c4ccc5ccccc5c4c4c5ccccc5c5c(c43)C3(CCCCC3)c3ccccc3-5)nc3c2oc2ccccc23)cc1. The van der Waals surface area contributed by atoms with Crippen molar-refractivity contribution in [2.75, 3.05) is 0 Å². The topological polar surface area (TPSA) is 43.9 Å². The lowest BCUT2D eigenvalue weighted by Gasteiger charge is -2.36. The van der Waals surface area contributed by atoms with E-state index >= 15 is 0 Å². The fourth-order valence-electron chi connectivity index (χ4n) is 10.1. The highest BCUT2D eigenvalue weighted by molar-refractivity contribution is 6.32. The van der Waals surface area contributed by atoms with Crippen molar-refractivity contribution in [1.82, 2.24) is 14.5 Å². The summed E-state index contributed by atoms with van der Waals surface area (Å²) in [6.45, 7) is 0. The van der Waals surface area contributed by atoms with E-state index in [2.05, 4.69) is 132 Å². The van der Waals surface area contributed by atoms with Crippen molar-refractivity contribution in [2.45, 2.75) is 37.5 Å². The van der Waals surface area contributed by atoms with Gasteiger partial charge in [-0.15, -0.1) is 0 Å². The van der Waals surface area contributed by atoms with Gasteiger partial charge in [-0.1, -0.05) is 141 Å².